The van der Waals surface area contributed by atoms with Gasteiger partial charge < -0.3 is 5.32 Å². The Morgan fingerprint density at radius 2 is 2.12 bits per heavy atom. The highest BCUT2D eigenvalue weighted by atomic mass is 32.2. The standard InChI is InChI=1S/C12H17F2NS/c1-3-15-9(2)6-7-16-12-8-10(13)4-5-11(12)14/h4-5,8-9,15H,3,6-7H2,1-2H3. The molecule has 1 rings (SSSR count). The van der Waals surface area contributed by atoms with E-state index in [2.05, 4.69) is 19.2 Å². The van der Waals surface area contributed by atoms with E-state index >= 15 is 0 Å². The fourth-order valence-electron chi connectivity index (χ4n) is 1.38. The summed E-state index contributed by atoms with van der Waals surface area (Å²) in [7, 11) is 0. The van der Waals surface area contributed by atoms with Crippen LogP contribution in [0.15, 0.2) is 23.1 Å². The molecule has 90 valence electrons. The number of benzene rings is 1. The second-order valence-electron chi connectivity index (χ2n) is 3.67. The largest absolute Gasteiger partial charge is 0.315 e. The van der Waals surface area contributed by atoms with Gasteiger partial charge in [0.05, 0.1) is 0 Å². The van der Waals surface area contributed by atoms with Crippen LogP contribution in [0.5, 0.6) is 0 Å². The quantitative estimate of drug-likeness (QED) is 0.770. The third-order valence-corrected chi connectivity index (χ3v) is 3.32. The third kappa shape index (κ3) is 4.49. The van der Waals surface area contributed by atoms with Crippen molar-refractivity contribution < 1.29 is 8.78 Å². The van der Waals surface area contributed by atoms with Crippen LogP contribution in [0.4, 0.5) is 8.78 Å². The first-order valence-electron chi connectivity index (χ1n) is 5.44. The molecule has 1 atom stereocenters. The Morgan fingerprint density at radius 1 is 1.38 bits per heavy atom. The van der Waals surface area contributed by atoms with Crippen molar-refractivity contribution in [2.24, 2.45) is 0 Å². The molecule has 0 aliphatic rings. The van der Waals surface area contributed by atoms with E-state index in [9.17, 15) is 8.78 Å². The van der Waals surface area contributed by atoms with Gasteiger partial charge in [0.15, 0.2) is 0 Å². The Hall–Kier alpha value is -0.610. The van der Waals surface area contributed by atoms with E-state index in [1.165, 1.54) is 23.9 Å². The lowest BCUT2D eigenvalue weighted by Crippen LogP contribution is -2.25. The molecule has 0 aromatic heterocycles. The fraction of sp³-hybridized carbons (Fsp3) is 0.500. The second kappa shape index (κ2) is 6.86. The molecule has 4 heteroatoms. The maximum absolute atomic E-state index is 13.2. The Morgan fingerprint density at radius 3 is 2.81 bits per heavy atom. The Labute approximate surface area is 99.6 Å². The van der Waals surface area contributed by atoms with E-state index < -0.39 is 0 Å². The van der Waals surface area contributed by atoms with Crippen LogP contribution in [-0.2, 0) is 0 Å². The summed E-state index contributed by atoms with van der Waals surface area (Å²) in [5.74, 6) is 0.0558. The van der Waals surface area contributed by atoms with Crippen LogP contribution in [0.2, 0.25) is 0 Å². The van der Waals surface area contributed by atoms with Crippen LogP contribution in [0, 0.1) is 11.6 Å². The Bertz CT molecular complexity index is 331. The molecule has 0 aliphatic heterocycles. The van der Waals surface area contributed by atoms with Crippen molar-refractivity contribution in [2.45, 2.75) is 31.2 Å². The highest BCUT2D eigenvalue weighted by Gasteiger charge is 2.05. The van der Waals surface area contributed by atoms with Crippen molar-refractivity contribution in [3.63, 3.8) is 0 Å². The number of hydrogen-bond acceptors (Lipinski definition) is 2. The zero-order valence-corrected chi connectivity index (χ0v) is 10.4. The average Bonchev–Trinajstić information content (AvgIpc) is 2.23. The summed E-state index contributed by atoms with van der Waals surface area (Å²) in [5, 5.41) is 3.28. The van der Waals surface area contributed by atoms with E-state index in [0.29, 0.717) is 10.9 Å². The lowest BCUT2D eigenvalue weighted by Gasteiger charge is -2.11. The monoisotopic (exact) mass is 245 g/mol. The van der Waals surface area contributed by atoms with Crippen LogP contribution in [0.1, 0.15) is 20.3 Å². The first kappa shape index (κ1) is 13.5. The summed E-state index contributed by atoms with van der Waals surface area (Å²) in [6.07, 6.45) is 0.939. The Balaban J connectivity index is 2.39. The van der Waals surface area contributed by atoms with Crippen LogP contribution in [-0.4, -0.2) is 18.3 Å². The zero-order valence-electron chi connectivity index (χ0n) is 9.59. The lowest BCUT2D eigenvalue weighted by atomic mass is 10.3. The zero-order chi connectivity index (χ0) is 12.0. The van der Waals surface area contributed by atoms with E-state index in [1.54, 1.807) is 0 Å². The highest BCUT2D eigenvalue weighted by molar-refractivity contribution is 7.99. The molecule has 1 aromatic carbocycles. The van der Waals surface area contributed by atoms with Gasteiger partial charge in [0.25, 0.3) is 0 Å². The molecule has 0 saturated carbocycles. The minimum Gasteiger partial charge on any atom is -0.315 e. The highest BCUT2D eigenvalue weighted by Crippen LogP contribution is 2.23. The van der Waals surface area contributed by atoms with Crippen molar-refractivity contribution in [2.75, 3.05) is 12.3 Å². The van der Waals surface area contributed by atoms with E-state index in [0.717, 1.165) is 24.8 Å². The Kier molecular flexibility index (Phi) is 5.77. The molecule has 16 heavy (non-hydrogen) atoms. The average molecular weight is 245 g/mol. The van der Waals surface area contributed by atoms with Gasteiger partial charge in [-0.15, -0.1) is 11.8 Å². The number of hydrogen-bond donors (Lipinski definition) is 1. The lowest BCUT2D eigenvalue weighted by molar-refractivity contribution is 0.555. The van der Waals surface area contributed by atoms with E-state index in [-0.39, 0.29) is 11.6 Å². The molecule has 0 spiro atoms. The van der Waals surface area contributed by atoms with Crippen LogP contribution < -0.4 is 5.32 Å². The fourth-order valence-corrected chi connectivity index (χ4v) is 2.48. The molecular weight excluding hydrogens is 228 g/mol. The summed E-state index contributed by atoms with van der Waals surface area (Å²) >= 11 is 1.36. The molecule has 0 radical (unpaired) electrons. The van der Waals surface area contributed by atoms with Crippen molar-refractivity contribution in [1.29, 1.82) is 0 Å². The molecule has 1 unspecified atom stereocenters. The number of nitrogens with one attached hydrogen (secondary N) is 1. The van der Waals surface area contributed by atoms with Crippen LogP contribution in [0.25, 0.3) is 0 Å². The smallest absolute Gasteiger partial charge is 0.136 e. The minimum absolute atomic E-state index is 0.345. The molecule has 0 bridgehead atoms. The van der Waals surface area contributed by atoms with Gasteiger partial charge in [-0.1, -0.05) is 6.92 Å². The van der Waals surface area contributed by atoms with Gasteiger partial charge in [0, 0.05) is 10.9 Å². The molecule has 0 saturated heterocycles. The summed E-state index contributed by atoms with van der Waals surface area (Å²) in [4.78, 5) is 0.392. The number of halogens is 2. The number of rotatable bonds is 6. The maximum Gasteiger partial charge on any atom is 0.136 e. The van der Waals surface area contributed by atoms with Gasteiger partial charge in [-0.2, -0.15) is 0 Å². The first-order chi connectivity index (χ1) is 7.63. The number of thioether (sulfide) groups is 1. The summed E-state index contributed by atoms with van der Waals surface area (Å²) < 4.78 is 26.1. The molecule has 0 amide bonds. The molecule has 1 nitrogen and oxygen atoms in total. The van der Waals surface area contributed by atoms with Gasteiger partial charge in [0.2, 0.25) is 0 Å². The third-order valence-electron chi connectivity index (χ3n) is 2.25. The SMILES string of the molecule is CCNC(C)CCSc1cc(F)ccc1F. The van der Waals surface area contributed by atoms with Gasteiger partial charge >= 0.3 is 0 Å². The second-order valence-corrected chi connectivity index (χ2v) is 4.81. The normalized spacial score (nSPS) is 12.8. The van der Waals surface area contributed by atoms with Crippen molar-refractivity contribution in [3.8, 4) is 0 Å². The van der Waals surface area contributed by atoms with Crippen molar-refractivity contribution >= 4 is 11.8 Å². The maximum atomic E-state index is 13.2. The van der Waals surface area contributed by atoms with Crippen LogP contribution >= 0.6 is 11.8 Å². The van der Waals surface area contributed by atoms with E-state index in [4.69, 9.17) is 0 Å². The summed E-state index contributed by atoms with van der Waals surface area (Å²) in [6, 6.07) is 3.97. The minimum atomic E-state index is -0.386. The van der Waals surface area contributed by atoms with Gasteiger partial charge in [-0.05, 0) is 43.8 Å². The summed E-state index contributed by atoms with van der Waals surface area (Å²) in [5.41, 5.74) is 0. The summed E-state index contributed by atoms with van der Waals surface area (Å²) in [6.45, 7) is 5.07. The molecular formula is C12H17F2NS. The molecule has 0 fully saturated rings. The topological polar surface area (TPSA) is 12.0 Å². The molecule has 1 N–H and O–H groups in total. The molecule has 0 heterocycles. The predicted molar refractivity (Wildman–Crippen MR) is 64.8 cm³/mol. The van der Waals surface area contributed by atoms with Gasteiger partial charge in [0.1, 0.15) is 11.6 Å². The van der Waals surface area contributed by atoms with Gasteiger partial charge in [-0.25, -0.2) is 8.78 Å². The van der Waals surface area contributed by atoms with Crippen molar-refractivity contribution in [3.05, 3.63) is 29.8 Å². The van der Waals surface area contributed by atoms with E-state index in [1.807, 2.05) is 0 Å². The first-order valence-corrected chi connectivity index (χ1v) is 6.43. The molecule has 0 aliphatic carbocycles. The van der Waals surface area contributed by atoms with Gasteiger partial charge in [-0.3, -0.25) is 0 Å². The van der Waals surface area contributed by atoms with Crippen LogP contribution in [0.3, 0.4) is 0 Å². The predicted octanol–water partition coefficient (Wildman–Crippen LogP) is 3.45. The van der Waals surface area contributed by atoms with Crippen molar-refractivity contribution in [1.82, 2.24) is 5.32 Å². The molecule has 1 aromatic rings.